The van der Waals surface area contributed by atoms with E-state index in [0.29, 0.717) is 18.1 Å². The molecule has 0 aromatic carbocycles. The van der Waals surface area contributed by atoms with Crippen LogP contribution in [0.4, 0.5) is 14.9 Å². The molecule has 0 aliphatic heterocycles. The molecule has 0 saturated heterocycles. The lowest BCUT2D eigenvalue weighted by Crippen LogP contribution is -2.37. The van der Waals surface area contributed by atoms with Crippen molar-refractivity contribution in [2.24, 2.45) is 0 Å². The van der Waals surface area contributed by atoms with Gasteiger partial charge in [-0.3, -0.25) is 0 Å². The minimum atomic E-state index is -0.101. The largest absolute Gasteiger partial charge is 0.389 e. The number of hydrogen-bond donors (Lipinski definition) is 3. The normalized spacial score (nSPS) is 9.73. The zero-order valence-electron chi connectivity index (χ0n) is 8.78. The Bertz CT molecular complexity index is 325. The number of carbonyl (C=O) groups excluding carboxylic acids is 1. The highest BCUT2D eigenvalue weighted by atomic mass is 32.1. The summed E-state index contributed by atoms with van der Waals surface area (Å²) in [5, 5.41) is 7.23. The predicted molar refractivity (Wildman–Crippen MR) is 62.1 cm³/mol. The predicted octanol–water partition coefficient (Wildman–Crippen LogP) is 0.408. The smallest absolute Gasteiger partial charge is 0.316 e. The fourth-order valence-electron chi connectivity index (χ4n) is 0.865. The molecule has 0 radical (unpaired) electrons. The van der Waals surface area contributed by atoms with E-state index in [9.17, 15) is 4.79 Å². The summed E-state index contributed by atoms with van der Waals surface area (Å²) < 4.78 is 0. The first-order valence-electron chi connectivity index (χ1n) is 4.50. The molecular weight excluding hydrogens is 214 g/mol. The van der Waals surface area contributed by atoms with Crippen molar-refractivity contribution in [1.29, 1.82) is 0 Å². The third kappa shape index (κ3) is 4.03. The summed E-state index contributed by atoms with van der Waals surface area (Å²) in [6.07, 6.45) is 1.60. The van der Waals surface area contributed by atoms with E-state index in [0.717, 1.165) is 5.13 Å². The van der Waals surface area contributed by atoms with Crippen LogP contribution >= 0.6 is 11.3 Å². The summed E-state index contributed by atoms with van der Waals surface area (Å²) in [6, 6.07) is -0.101. The fourth-order valence-corrected chi connectivity index (χ4v) is 1.47. The number of anilines is 2. The molecule has 0 unspecified atom stereocenters. The van der Waals surface area contributed by atoms with Crippen molar-refractivity contribution in [1.82, 2.24) is 15.2 Å². The van der Waals surface area contributed by atoms with Gasteiger partial charge in [0.15, 0.2) is 5.13 Å². The molecule has 1 rings (SSSR count). The highest BCUT2D eigenvalue weighted by Gasteiger charge is 2.01. The number of carbonyl (C=O) groups is 1. The van der Waals surface area contributed by atoms with Gasteiger partial charge in [0, 0.05) is 27.2 Å². The lowest BCUT2D eigenvalue weighted by atomic mass is 10.6. The molecule has 1 aromatic heterocycles. The third-order valence-electron chi connectivity index (χ3n) is 1.61. The van der Waals surface area contributed by atoms with Gasteiger partial charge in [0.2, 0.25) is 0 Å². The van der Waals surface area contributed by atoms with Crippen LogP contribution in [0.2, 0.25) is 0 Å². The first-order chi connectivity index (χ1) is 7.09. The second-order valence-corrected chi connectivity index (χ2v) is 4.18. The molecule has 15 heavy (non-hydrogen) atoms. The summed E-state index contributed by atoms with van der Waals surface area (Å²) in [4.78, 5) is 16.6. The summed E-state index contributed by atoms with van der Waals surface area (Å²) in [5.74, 6) is 0. The number of aromatic nitrogens is 1. The highest BCUT2D eigenvalue weighted by Crippen LogP contribution is 2.18. The van der Waals surface area contributed by atoms with Crippen LogP contribution in [-0.4, -0.2) is 43.1 Å². The van der Waals surface area contributed by atoms with Crippen LogP contribution < -0.4 is 16.4 Å². The number of nitrogens with one attached hydrogen (secondary N) is 2. The van der Waals surface area contributed by atoms with E-state index in [1.807, 2.05) is 0 Å². The van der Waals surface area contributed by atoms with Crippen molar-refractivity contribution in [2.75, 3.05) is 38.2 Å². The van der Waals surface area contributed by atoms with Crippen molar-refractivity contribution >= 4 is 27.5 Å². The molecule has 1 heterocycles. The molecule has 0 aliphatic rings. The molecule has 0 atom stereocenters. The molecule has 0 saturated carbocycles. The van der Waals surface area contributed by atoms with Crippen molar-refractivity contribution in [3.63, 3.8) is 0 Å². The van der Waals surface area contributed by atoms with Crippen LogP contribution in [0, 0.1) is 0 Å². The standard InChI is InChI=1S/C8H15N5OS/c1-13(2)8(14)11-4-3-10-7-12-5-6(9)15-7/h5H,3-4,9H2,1-2H3,(H,10,12)(H,11,14). The number of nitrogens with two attached hydrogens (primary N) is 1. The molecule has 0 aliphatic carbocycles. The Morgan fingerprint density at radius 2 is 2.33 bits per heavy atom. The van der Waals surface area contributed by atoms with Gasteiger partial charge in [-0.15, -0.1) is 0 Å². The average Bonchev–Trinajstić information content (AvgIpc) is 2.58. The Kier molecular flexibility index (Phi) is 4.17. The first-order valence-corrected chi connectivity index (χ1v) is 5.31. The monoisotopic (exact) mass is 229 g/mol. The van der Waals surface area contributed by atoms with Crippen molar-refractivity contribution in [3.05, 3.63) is 6.20 Å². The van der Waals surface area contributed by atoms with Gasteiger partial charge >= 0.3 is 6.03 Å². The Balaban J connectivity index is 2.15. The number of hydrogen-bond acceptors (Lipinski definition) is 5. The van der Waals surface area contributed by atoms with E-state index in [2.05, 4.69) is 15.6 Å². The van der Waals surface area contributed by atoms with Crippen LogP contribution in [-0.2, 0) is 0 Å². The van der Waals surface area contributed by atoms with Gasteiger partial charge in [0.05, 0.1) is 6.20 Å². The van der Waals surface area contributed by atoms with Crippen molar-refractivity contribution < 1.29 is 4.79 Å². The fraction of sp³-hybridized carbons (Fsp3) is 0.500. The van der Waals surface area contributed by atoms with Gasteiger partial charge in [-0.25, -0.2) is 9.78 Å². The van der Waals surface area contributed by atoms with Gasteiger partial charge in [-0.05, 0) is 0 Å². The average molecular weight is 229 g/mol. The van der Waals surface area contributed by atoms with Gasteiger partial charge < -0.3 is 21.3 Å². The van der Waals surface area contributed by atoms with Gasteiger partial charge in [0.25, 0.3) is 0 Å². The van der Waals surface area contributed by atoms with Gasteiger partial charge in [-0.1, -0.05) is 11.3 Å². The minimum absolute atomic E-state index is 0.101. The summed E-state index contributed by atoms with van der Waals surface area (Å²) in [5.41, 5.74) is 5.51. The lowest BCUT2D eigenvalue weighted by molar-refractivity contribution is 0.218. The Morgan fingerprint density at radius 3 is 2.87 bits per heavy atom. The summed E-state index contributed by atoms with van der Waals surface area (Å²) in [7, 11) is 3.40. The van der Waals surface area contributed by atoms with E-state index in [1.54, 1.807) is 20.3 Å². The van der Waals surface area contributed by atoms with E-state index >= 15 is 0 Å². The molecule has 7 heteroatoms. The number of amides is 2. The molecule has 0 spiro atoms. The minimum Gasteiger partial charge on any atom is -0.389 e. The molecule has 0 fully saturated rings. The molecule has 1 aromatic rings. The molecular formula is C8H15N5OS. The number of rotatable bonds is 4. The zero-order chi connectivity index (χ0) is 11.3. The van der Waals surface area contributed by atoms with E-state index in [4.69, 9.17) is 5.73 Å². The SMILES string of the molecule is CN(C)C(=O)NCCNc1ncc(N)s1. The quantitative estimate of drug-likeness (QED) is 0.653. The molecule has 84 valence electrons. The van der Waals surface area contributed by atoms with Crippen LogP contribution in [0.1, 0.15) is 0 Å². The number of urea groups is 1. The first kappa shape index (κ1) is 11.6. The second kappa shape index (κ2) is 5.40. The molecule has 2 amide bonds. The molecule has 0 bridgehead atoms. The molecule has 6 nitrogen and oxygen atoms in total. The van der Waals surface area contributed by atoms with Crippen LogP contribution in [0.3, 0.4) is 0 Å². The third-order valence-corrected chi connectivity index (χ3v) is 2.39. The van der Waals surface area contributed by atoms with Gasteiger partial charge in [-0.2, -0.15) is 0 Å². The Morgan fingerprint density at radius 1 is 1.60 bits per heavy atom. The van der Waals surface area contributed by atoms with Gasteiger partial charge in [0.1, 0.15) is 5.00 Å². The zero-order valence-corrected chi connectivity index (χ0v) is 9.60. The maximum absolute atomic E-state index is 11.1. The van der Waals surface area contributed by atoms with Crippen LogP contribution in [0.15, 0.2) is 6.20 Å². The topological polar surface area (TPSA) is 83.3 Å². The van der Waals surface area contributed by atoms with Crippen LogP contribution in [0.5, 0.6) is 0 Å². The number of thiazole rings is 1. The second-order valence-electron chi connectivity index (χ2n) is 3.12. The van der Waals surface area contributed by atoms with Crippen molar-refractivity contribution in [2.45, 2.75) is 0 Å². The number of nitrogens with zero attached hydrogens (tertiary/aromatic N) is 2. The van der Waals surface area contributed by atoms with Crippen LogP contribution in [0.25, 0.3) is 0 Å². The maximum Gasteiger partial charge on any atom is 0.316 e. The Labute approximate surface area is 92.5 Å². The van der Waals surface area contributed by atoms with Crippen molar-refractivity contribution in [3.8, 4) is 0 Å². The van der Waals surface area contributed by atoms with E-state index in [-0.39, 0.29) is 6.03 Å². The highest BCUT2D eigenvalue weighted by molar-refractivity contribution is 7.19. The number of nitrogen functional groups attached to an aromatic ring is 1. The summed E-state index contributed by atoms with van der Waals surface area (Å²) >= 11 is 1.39. The Hall–Kier alpha value is -1.50. The lowest BCUT2D eigenvalue weighted by Gasteiger charge is -2.11. The summed E-state index contributed by atoms with van der Waals surface area (Å²) in [6.45, 7) is 1.18. The van der Waals surface area contributed by atoms with E-state index < -0.39 is 0 Å². The van der Waals surface area contributed by atoms with E-state index in [1.165, 1.54) is 16.2 Å². The maximum atomic E-state index is 11.1. The molecule has 4 N–H and O–H groups in total.